The molecule has 0 spiro atoms. The van der Waals surface area contributed by atoms with Crippen LogP contribution in [0.1, 0.15) is 22.8 Å². The van der Waals surface area contributed by atoms with Crippen molar-refractivity contribution >= 4 is 47.8 Å². The molecule has 2 aromatic carbocycles. The molecule has 0 fully saturated rings. The standard InChI is InChI=1S/C14H10Br3FO/c1-7-5-11(16)9(6-10(7)15)14(19)8-3-2-4-12(18)13(8)17/h2-6,14,19H,1H3. The summed E-state index contributed by atoms with van der Waals surface area (Å²) in [6.45, 7) is 1.96. The smallest absolute Gasteiger partial charge is 0.137 e. The summed E-state index contributed by atoms with van der Waals surface area (Å²) in [5, 5.41) is 10.4. The van der Waals surface area contributed by atoms with Crippen molar-refractivity contribution in [2.45, 2.75) is 13.0 Å². The molecule has 0 aliphatic carbocycles. The minimum absolute atomic E-state index is 0.283. The molecular formula is C14H10Br3FO. The SMILES string of the molecule is Cc1cc(Br)c(C(O)c2cccc(F)c2Br)cc1Br. The molecule has 1 unspecified atom stereocenters. The van der Waals surface area contributed by atoms with Crippen molar-refractivity contribution in [2.24, 2.45) is 0 Å². The molecule has 1 nitrogen and oxygen atoms in total. The fourth-order valence-corrected chi connectivity index (χ4v) is 3.29. The number of aliphatic hydroxyl groups excluding tert-OH is 1. The Kier molecular flexibility index (Phi) is 4.82. The maximum Gasteiger partial charge on any atom is 0.137 e. The predicted molar refractivity (Wildman–Crippen MR) is 84.7 cm³/mol. The fraction of sp³-hybridized carbons (Fsp3) is 0.143. The molecule has 0 bridgehead atoms. The van der Waals surface area contributed by atoms with Gasteiger partial charge in [-0.15, -0.1) is 0 Å². The number of aliphatic hydroxyl groups is 1. The summed E-state index contributed by atoms with van der Waals surface area (Å²) < 4.78 is 15.5. The van der Waals surface area contributed by atoms with E-state index in [1.165, 1.54) is 6.07 Å². The van der Waals surface area contributed by atoms with Gasteiger partial charge in [-0.1, -0.05) is 44.0 Å². The Labute approximate surface area is 136 Å². The van der Waals surface area contributed by atoms with E-state index in [-0.39, 0.29) is 10.3 Å². The van der Waals surface area contributed by atoms with Crippen molar-refractivity contribution in [3.8, 4) is 0 Å². The average Bonchev–Trinajstić information content (AvgIpc) is 2.36. The maximum atomic E-state index is 13.5. The van der Waals surface area contributed by atoms with Crippen molar-refractivity contribution in [1.82, 2.24) is 0 Å². The van der Waals surface area contributed by atoms with Gasteiger partial charge in [-0.05, 0) is 46.6 Å². The second kappa shape index (κ2) is 6.04. The Bertz CT molecular complexity index is 628. The van der Waals surface area contributed by atoms with Crippen molar-refractivity contribution < 1.29 is 9.50 Å². The van der Waals surface area contributed by atoms with E-state index < -0.39 is 6.10 Å². The van der Waals surface area contributed by atoms with Crippen LogP contribution in [0.4, 0.5) is 4.39 Å². The van der Waals surface area contributed by atoms with Gasteiger partial charge in [0.25, 0.3) is 0 Å². The number of halogens is 4. The van der Waals surface area contributed by atoms with Gasteiger partial charge in [0.1, 0.15) is 11.9 Å². The zero-order valence-corrected chi connectivity index (χ0v) is 14.7. The molecule has 19 heavy (non-hydrogen) atoms. The minimum Gasteiger partial charge on any atom is -0.384 e. The van der Waals surface area contributed by atoms with Crippen LogP contribution in [-0.4, -0.2) is 5.11 Å². The molecule has 0 heterocycles. The van der Waals surface area contributed by atoms with Crippen LogP contribution < -0.4 is 0 Å². The highest BCUT2D eigenvalue weighted by atomic mass is 79.9. The third-order valence-corrected chi connectivity index (χ3v) is 5.23. The van der Waals surface area contributed by atoms with Crippen LogP contribution in [0.3, 0.4) is 0 Å². The average molecular weight is 453 g/mol. The summed E-state index contributed by atoms with van der Waals surface area (Å²) in [4.78, 5) is 0. The maximum absolute atomic E-state index is 13.5. The molecule has 0 aliphatic rings. The fourth-order valence-electron chi connectivity index (χ4n) is 1.77. The molecule has 0 aliphatic heterocycles. The molecule has 100 valence electrons. The highest BCUT2D eigenvalue weighted by Gasteiger charge is 2.19. The third kappa shape index (κ3) is 3.10. The zero-order chi connectivity index (χ0) is 14.2. The van der Waals surface area contributed by atoms with E-state index in [0.29, 0.717) is 11.1 Å². The van der Waals surface area contributed by atoms with Gasteiger partial charge in [-0.25, -0.2) is 4.39 Å². The van der Waals surface area contributed by atoms with Gasteiger partial charge >= 0.3 is 0 Å². The molecular weight excluding hydrogens is 443 g/mol. The Balaban J connectivity index is 2.53. The van der Waals surface area contributed by atoms with E-state index in [0.717, 1.165) is 14.5 Å². The molecule has 2 rings (SSSR count). The van der Waals surface area contributed by atoms with Gasteiger partial charge < -0.3 is 5.11 Å². The first-order valence-electron chi connectivity index (χ1n) is 5.49. The molecule has 0 saturated heterocycles. The van der Waals surface area contributed by atoms with Crippen LogP contribution >= 0.6 is 47.8 Å². The van der Waals surface area contributed by atoms with Gasteiger partial charge in [0.05, 0.1) is 4.47 Å². The van der Waals surface area contributed by atoms with Gasteiger partial charge in [0.15, 0.2) is 0 Å². The molecule has 0 aromatic heterocycles. The monoisotopic (exact) mass is 450 g/mol. The lowest BCUT2D eigenvalue weighted by molar-refractivity contribution is 0.218. The molecule has 5 heteroatoms. The van der Waals surface area contributed by atoms with E-state index in [9.17, 15) is 9.50 Å². The van der Waals surface area contributed by atoms with Gasteiger partial charge in [0, 0.05) is 20.1 Å². The summed E-state index contributed by atoms with van der Waals surface area (Å²) in [6, 6.07) is 8.37. The number of rotatable bonds is 2. The van der Waals surface area contributed by atoms with Crippen molar-refractivity contribution in [1.29, 1.82) is 0 Å². The van der Waals surface area contributed by atoms with Crippen LogP contribution in [0.2, 0.25) is 0 Å². The highest BCUT2D eigenvalue weighted by Crippen LogP contribution is 2.36. The summed E-state index contributed by atoms with van der Waals surface area (Å²) in [7, 11) is 0. The second-order valence-corrected chi connectivity index (χ2v) is 6.67. The van der Waals surface area contributed by atoms with E-state index in [1.54, 1.807) is 12.1 Å². The Hall–Kier alpha value is -0.230. The Morgan fingerprint density at radius 3 is 2.42 bits per heavy atom. The van der Waals surface area contributed by atoms with E-state index in [1.807, 2.05) is 19.1 Å². The zero-order valence-electron chi connectivity index (χ0n) is 9.92. The first-order chi connectivity index (χ1) is 8.91. The quantitative estimate of drug-likeness (QED) is 0.637. The Morgan fingerprint density at radius 1 is 1.05 bits per heavy atom. The van der Waals surface area contributed by atoms with Gasteiger partial charge in [0.2, 0.25) is 0 Å². The summed E-state index contributed by atoms with van der Waals surface area (Å²) in [6.07, 6.45) is -0.906. The van der Waals surface area contributed by atoms with Crippen LogP contribution in [0.25, 0.3) is 0 Å². The lowest BCUT2D eigenvalue weighted by Gasteiger charge is -2.16. The summed E-state index contributed by atoms with van der Waals surface area (Å²) in [5.41, 5.74) is 2.24. The molecule has 1 N–H and O–H groups in total. The van der Waals surface area contributed by atoms with Crippen LogP contribution in [-0.2, 0) is 0 Å². The predicted octanol–water partition coefficient (Wildman–Crippen LogP) is 5.50. The third-order valence-electron chi connectivity index (χ3n) is 2.85. The minimum atomic E-state index is -0.906. The second-order valence-electron chi connectivity index (χ2n) is 4.17. The first kappa shape index (κ1) is 15.2. The van der Waals surface area contributed by atoms with Crippen molar-refractivity contribution in [2.75, 3.05) is 0 Å². The topological polar surface area (TPSA) is 20.2 Å². The molecule has 0 amide bonds. The van der Waals surface area contributed by atoms with Crippen molar-refractivity contribution in [3.05, 3.63) is 66.3 Å². The molecule has 2 aromatic rings. The van der Waals surface area contributed by atoms with Crippen molar-refractivity contribution in [3.63, 3.8) is 0 Å². The number of hydrogen-bond donors (Lipinski definition) is 1. The Morgan fingerprint density at radius 2 is 1.74 bits per heavy atom. The van der Waals surface area contributed by atoms with E-state index >= 15 is 0 Å². The number of hydrogen-bond acceptors (Lipinski definition) is 1. The lowest BCUT2D eigenvalue weighted by Crippen LogP contribution is -2.03. The summed E-state index contributed by atoms with van der Waals surface area (Å²) in [5.74, 6) is -0.390. The molecule has 0 saturated carbocycles. The van der Waals surface area contributed by atoms with Crippen LogP contribution in [0, 0.1) is 12.7 Å². The van der Waals surface area contributed by atoms with E-state index in [4.69, 9.17) is 0 Å². The number of aryl methyl sites for hydroxylation is 1. The van der Waals surface area contributed by atoms with E-state index in [2.05, 4.69) is 47.8 Å². The largest absolute Gasteiger partial charge is 0.384 e. The first-order valence-corrected chi connectivity index (χ1v) is 7.87. The molecule has 1 atom stereocenters. The lowest BCUT2D eigenvalue weighted by atomic mass is 10.0. The summed E-state index contributed by atoms with van der Waals surface area (Å²) >= 11 is 10.0. The van der Waals surface area contributed by atoms with Crippen LogP contribution in [0.5, 0.6) is 0 Å². The number of benzene rings is 2. The van der Waals surface area contributed by atoms with Crippen LogP contribution in [0.15, 0.2) is 43.7 Å². The normalized spacial score (nSPS) is 12.5. The van der Waals surface area contributed by atoms with Gasteiger partial charge in [-0.3, -0.25) is 0 Å². The highest BCUT2D eigenvalue weighted by molar-refractivity contribution is 9.11. The molecule has 0 radical (unpaired) electrons. The van der Waals surface area contributed by atoms with Gasteiger partial charge in [-0.2, -0.15) is 0 Å².